The maximum atomic E-state index is 12.6. The number of benzene rings is 2. The highest BCUT2D eigenvalue weighted by Gasteiger charge is 2.20. The molecule has 0 unspecified atom stereocenters. The quantitative estimate of drug-likeness (QED) is 0.898. The van der Waals surface area contributed by atoms with Gasteiger partial charge in [0.15, 0.2) is 11.5 Å². The second-order valence-corrected chi connectivity index (χ2v) is 7.33. The van der Waals surface area contributed by atoms with Crippen molar-refractivity contribution in [3.8, 4) is 17.2 Å². The van der Waals surface area contributed by atoms with E-state index in [0.717, 1.165) is 11.1 Å². The molecule has 0 amide bonds. The van der Waals surface area contributed by atoms with Gasteiger partial charge in [0, 0.05) is 12.6 Å². The van der Waals surface area contributed by atoms with Crippen LogP contribution in [0.5, 0.6) is 17.2 Å². The van der Waals surface area contributed by atoms with Gasteiger partial charge in [0.25, 0.3) is 0 Å². The average Bonchev–Trinajstić information content (AvgIpc) is 3.00. The number of rotatable bonds is 5. The van der Waals surface area contributed by atoms with Crippen LogP contribution in [0.3, 0.4) is 0 Å². The fourth-order valence-corrected chi connectivity index (χ4v) is 3.89. The van der Waals surface area contributed by atoms with E-state index in [1.165, 1.54) is 7.11 Å². The first-order valence-electron chi connectivity index (χ1n) is 7.44. The fourth-order valence-electron chi connectivity index (χ4n) is 2.63. The van der Waals surface area contributed by atoms with Gasteiger partial charge in [-0.1, -0.05) is 12.1 Å². The van der Waals surface area contributed by atoms with E-state index >= 15 is 0 Å². The van der Waals surface area contributed by atoms with Gasteiger partial charge in [-0.25, -0.2) is 13.1 Å². The Kier molecular flexibility index (Phi) is 4.38. The summed E-state index contributed by atoms with van der Waals surface area (Å²) in [5.41, 5.74) is 2.36. The maximum absolute atomic E-state index is 12.6. The van der Waals surface area contributed by atoms with Crippen molar-refractivity contribution in [3.63, 3.8) is 0 Å². The summed E-state index contributed by atoms with van der Waals surface area (Å²) in [5, 5.41) is 0. The number of hydrogen-bond donors (Lipinski definition) is 1. The Labute approximate surface area is 141 Å². The van der Waals surface area contributed by atoms with Crippen LogP contribution in [0.2, 0.25) is 0 Å². The molecule has 0 atom stereocenters. The Morgan fingerprint density at radius 3 is 2.58 bits per heavy atom. The molecule has 6 nitrogen and oxygen atoms in total. The van der Waals surface area contributed by atoms with E-state index in [1.54, 1.807) is 37.3 Å². The first-order valence-corrected chi connectivity index (χ1v) is 8.92. The molecule has 0 saturated heterocycles. The molecule has 0 aliphatic carbocycles. The Morgan fingerprint density at radius 1 is 1.08 bits per heavy atom. The molecule has 3 rings (SSSR count). The van der Waals surface area contributed by atoms with E-state index < -0.39 is 10.0 Å². The molecule has 0 bridgehead atoms. The molecule has 1 aliphatic heterocycles. The lowest BCUT2D eigenvalue weighted by Gasteiger charge is -2.13. The van der Waals surface area contributed by atoms with Crippen LogP contribution in [0.25, 0.3) is 0 Å². The smallest absolute Gasteiger partial charge is 0.241 e. The molecule has 0 fully saturated rings. The number of ether oxygens (including phenoxy) is 3. The molecule has 1 aliphatic rings. The zero-order valence-electron chi connectivity index (χ0n) is 13.8. The van der Waals surface area contributed by atoms with Crippen molar-refractivity contribution in [3.05, 3.63) is 47.0 Å². The summed E-state index contributed by atoms with van der Waals surface area (Å²) < 4.78 is 43.6. The third kappa shape index (κ3) is 3.18. The number of hydrogen-bond acceptors (Lipinski definition) is 5. The topological polar surface area (TPSA) is 73.9 Å². The summed E-state index contributed by atoms with van der Waals surface area (Å²) in [6, 6.07) is 8.69. The lowest BCUT2D eigenvalue weighted by atomic mass is 10.1. The molecule has 0 spiro atoms. The molecule has 0 aromatic heterocycles. The van der Waals surface area contributed by atoms with Gasteiger partial charge < -0.3 is 14.2 Å². The molecule has 0 radical (unpaired) electrons. The van der Waals surface area contributed by atoms with Crippen molar-refractivity contribution in [2.24, 2.45) is 0 Å². The predicted molar refractivity (Wildman–Crippen MR) is 89.1 cm³/mol. The minimum Gasteiger partial charge on any atom is -0.496 e. The van der Waals surface area contributed by atoms with E-state index in [1.807, 2.05) is 6.92 Å². The van der Waals surface area contributed by atoms with Gasteiger partial charge in [-0.05, 0) is 42.7 Å². The summed E-state index contributed by atoms with van der Waals surface area (Å²) in [5.74, 6) is 1.84. The number of fused-ring (bicyclic) bond motifs is 1. The van der Waals surface area contributed by atoms with Gasteiger partial charge in [0.05, 0.1) is 12.0 Å². The highest BCUT2D eigenvalue weighted by molar-refractivity contribution is 7.89. The number of aryl methyl sites for hydroxylation is 2. The van der Waals surface area contributed by atoms with Crippen molar-refractivity contribution in [2.45, 2.75) is 25.3 Å². The summed E-state index contributed by atoms with van der Waals surface area (Å²) in [6.45, 7) is 3.99. The number of nitrogens with one attached hydrogen (secondary N) is 1. The molecule has 2 aromatic rings. The molecule has 128 valence electrons. The third-order valence-corrected chi connectivity index (χ3v) is 5.43. The van der Waals surface area contributed by atoms with Gasteiger partial charge in [0.2, 0.25) is 16.8 Å². The predicted octanol–water partition coefficient (Wildman–Crippen LogP) is 2.52. The van der Waals surface area contributed by atoms with E-state index in [4.69, 9.17) is 14.2 Å². The van der Waals surface area contributed by atoms with Crippen molar-refractivity contribution in [1.29, 1.82) is 0 Å². The monoisotopic (exact) mass is 349 g/mol. The van der Waals surface area contributed by atoms with E-state index in [-0.39, 0.29) is 18.2 Å². The van der Waals surface area contributed by atoms with Crippen LogP contribution in [-0.2, 0) is 16.6 Å². The van der Waals surface area contributed by atoms with Gasteiger partial charge in [-0.15, -0.1) is 0 Å². The van der Waals surface area contributed by atoms with Crippen LogP contribution in [0, 0.1) is 13.8 Å². The molecular formula is C17H19NO5S. The van der Waals surface area contributed by atoms with Crippen LogP contribution >= 0.6 is 0 Å². The normalized spacial score (nSPS) is 13.1. The molecule has 24 heavy (non-hydrogen) atoms. The Morgan fingerprint density at radius 2 is 1.83 bits per heavy atom. The molecule has 0 saturated carbocycles. The molecule has 1 N–H and O–H groups in total. The first-order chi connectivity index (χ1) is 11.4. The second kappa shape index (κ2) is 6.33. The number of methoxy groups -OCH3 is 1. The molecular weight excluding hydrogens is 330 g/mol. The standard InChI is InChI=1S/C17H19NO5S/c1-11-6-12(2)17(8-15(11)21-3)24(19,20)18-9-13-4-5-14-16(7-13)23-10-22-14/h4-8,18H,9-10H2,1-3H3. The van der Waals surface area contributed by atoms with Crippen molar-refractivity contribution >= 4 is 10.0 Å². The summed E-state index contributed by atoms with van der Waals surface area (Å²) >= 11 is 0. The summed E-state index contributed by atoms with van der Waals surface area (Å²) in [7, 11) is -2.13. The van der Waals surface area contributed by atoms with Crippen molar-refractivity contribution in [2.75, 3.05) is 13.9 Å². The van der Waals surface area contributed by atoms with E-state index in [2.05, 4.69) is 4.72 Å². The zero-order chi connectivity index (χ0) is 17.3. The van der Waals surface area contributed by atoms with Crippen molar-refractivity contribution < 1.29 is 22.6 Å². The fraction of sp³-hybridized carbons (Fsp3) is 0.294. The Bertz CT molecular complexity index is 877. The van der Waals surface area contributed by atoms with Gasteiger partial charge in [-0.2, -0.15) is 0 Å². The number of sulfonamides is 1. The second-order valence-electron chi connectivity index (χ2n) is 5.60. The van der Waals surface area contributed by atoms with E-state index in [0.29, 0.717) is 22.8 Å². The lowest BCUT2D eigenvalue weighted by molar-refractivity contribution is 0.174. The minimum atomic E-state index is -3.65. The molecule has 7 heteroatoms. The SMILES string of the molecule is COc1cc(S(=O)(=O)NCc2ccc3c(c2)OCO3)c(C)cc1C. The third-order valence-electron chi connectivity index (χ3n) is 3.89. The lowest BCUT2D eigenvalue weighted by Crippen LogP contribution is -2.24. The Hall–Kier alpha value is -2.25. The Balaban J connectivity index is 1.82. The molecule has 1 heterocycles. The van der Waals surface area contributed by atoms with Crippen molar-refractivity contribution in [1.82, 2.24) is 4.72 Å². The van der Waals surface area contributed by atoms with Crippen LogP contribution in [0.1, 0.15) is 16.7 Å². The van der Waals surface area contributed by atoms with E-state index in [9.17, 15) is 8.42 Å². The summed E-state index contributed by atoms with van der Waals surface area (Å²) in [6.07, 6.45) is 0. The largest absolute Gasteiger partial charge is 0.496 e. The highest BCUT2D eigenvalue weighted by Crippen LogP contribution is 2.32. The minimum absolute atomic E-state index is 0.161. The van der Waals surface area contributed by atoms with Crippen LogP contribution in [0.4, 0.5) is 0 Å². The van der Waals surface area contributed by atoms with Gasteiger partial charge in [0.1, 0.15) is 5.75 Å². The van der Waals surface area contributed by atoms with Gasteiger partial charge in [-0.3, -0.25) is 0 Å². The average molecular weight is 349 g/mol. The van der Waals surface area contributed by atoms with Crippen LogP contribution in [-0.4, -0.2) is 22.3 Å². The zero-order valence-corrected chi connectivity index (χ0v) is 14.6. The first kappa shape index (κ1) is 16.6. The molecule has 2 aromatic carbocycles. The summed E-state index contributed by atoms with van der Waals surface area (Å²) in [4.78, 5) is 0.214. The van der Waals surface area contributed by atoms with Crippen LogP contribution in [0.15, 0.2) is 35.2 Å². The maximum Gasteiger partial charge on any atom is 0.241 e. The van der Waals surface area contributed by atoms with Crippen LogP contribution < -0.4 is 18.9 Å². The highest BCUT2D eigenvalue weighted by atomic mass is 32.2. The van der Waals surface area contributed by atoms with Gasteiger partial charge >= 0.3 is 0 Å².